The van der Waals surface area contributed by atoms with E-state index in [4.69, 9.17) is 14.6 Å². The number of carbonyl (C=O) groups excluding carboxylic acids is 2. The van der Waals surface area contributed by atoms with E-state index in [1.165, 1.54) is 7.11 Å². The molecule has 1 aromatic rings. The molecule has 0 aromatic heterocycles. The summed E-state index contributed by atoms with van der Waals surface area (Å²) in [6, 6.07) is 9.36. The van der Waals surface area contributed by atoms with Crippen LogP contribution in [0.4, 0.5) is 0 Å². The fraction of sp³-hybridized carbons (Fsp3) is 0.526. The highest BCUT2D eigenvalue weighted by atomic mass is 16.6. The Morgan fingerprint density at radius 3 is 2.52 bits per heavy atom. The van der Waals surface area contributed by atoms with E-state index in [0.717, 1.165) is 12.8 Å². The number of hydrogen-bond acceptors (Lipinski definition) is 6. The van der Waals surface area contributed by atoms with Crippen LogP contribution in [0.5, 0.6) is 0 Å². The summed E-state index contributed by atoms with van der Waals surface area (Å²) in [6.45, 7) is 3.04. The molecule has 4 atom stereocenters. The first-order chi connectivity index (χ1) is 12.0. The van der Waals surface area contributed by atoms with Crippen molar-refractivity contribution in [1.29, 1.82) is 0 Å². The zero-order valence-electron chi connectivity index (χ0n) is 14.8. The highest BCUT2D eigenvalue weighted by Gasteiger charge is 2.50. The standard InChI is InChI=1S/C17H21NO4.C2H5O/c1-18-12-8-9-13(18)15(17(20)21-2)14(10-12)22-16(19)11-6-4-3-5-7-11;1-2-3/h3-7,12-15H,8-10H2,1-2H3;3H,1-2H2/t12?,13?,14-,15+;/m0./s1. The number of fused-ring (bicyclic) bond motifs is 2. The molecule has 2 aliphatic heterocycles. The second-order valence-electron chi connectivity index (χ2n) is 6.28. The highest BCUT2D eigenvalue weighted by Crippen LogP contribution is 2.40. The summed E-state index contributed by atoms with van der Waals surface area (Å²) in [6.07, 6.45) is 2.26. The van der Waals surface area contributed by atoms with Crippen molar-refractivity contribution in [2.24, 2.45) is 5.92 Å². The van der Waals surface area contributed by atoms with E-state index in [2.05, 4.69) is 11.8 Å². The van der Waals surface area contributed by atoms with Gasteiger partial charge in [0.25, 0.3) is 0 Å². The van der Waals surface area contributed by atoms with Crippen LogP contribution in [0.15, 0.2) is 30.3 Å². The molecule has 0 saturated carbocycles. The summed E-state index contributed by atoms with van der Waals surface area (Å²) in [7, 11) is 3.42. The average Bonchev–Trinajstić information content (AvgIpc) is 2.86. The molecule has 2 aliphatic rings. The molecule has 1 radical (unpaired) electrons. The van der Waals surface area contributed by atoms with Gasteiger partial charge in [0.15, 0.2) is 0 Å². The maximum atomic E-state index is 12.3. The highest BCUT2D eigenvalue weighted by molar-refractivity contribution is 5.89. The van der Waals surface area contributed by atoms with Gasteiger partial charge in [0, 0.05) is 25.1 Å². The van der Waals surface area contributed by atoms with E-state index >= 15 is 0 Å². The Hall–Kier alpha value is -1.92. The fourth-order valence-corrected chi connectivity index (χ4v) is 3.77. The molecule has 2 saturated heterocycles. The molecular weight excluding hydrogens is 322 g/mol. The van der Waals surface area contributed by atoms with Gasteiger partial charge in [-0.05, 0) is 38.9 Å². The number of hydrogen-bond donors (Lipinski definition) is 1. The molecule has 25 heavy (non-hydrogen) atoms. The minimum absolute atomic E-state index is 0. The first-order valence-electron chi connectivity index (χ1n) is 8.49. The Balaban J connectivity index is 0.000000701. The first kappa shape index (κ1) is 19.4. The number of piperidine rings is 1. The Labute approximate surface area is 148 Å². The summed E-state index contributed by atoms with van der Waals surface area (Å²) in [4.78, 5) is 26.7. The van der Waals surface area contributed by atoms with Crippen LogP contribution in [0.1, 0.15) is 29.6 Å². The Bertz CT molecular complexity index is 576. The Kier molecular flexibility index (Phi) is 6.96. The molecule has 137 valence electrons. The summed E-state index contributed by atoms with van der Waals surface area (Å²) >= 11 is 0. The van der Waals surface area contributed by atoms with Crippen LogP contribution < -0.4 is 0 Å². The number of rotatable bonds is 3. The number of methoxy groups -OCH3 is 1. The molecule has 0 spiro atoms. The van der Waals surface area contributed by atoms with Gasteiger partial charge in [-0.2, -0.15) is 0 Å². The van der Waals surface area contributed by atoms with Gasteiger partial charge in [0.1, 0.15) is 12.0 Å². The molecule has 2 unspecified atom stereocenters. The third-order valence-electron chi connectivity index (χ3n) is 4.96. The van der Waals surface area contributed by atoms with Crippen LogP contribution in [0.2, 0.25) is 0 Å². The molecule has 2 fully saturated rings. The SMILES string of the molecule is COC(=O)[C@@H]1C2CCC(C[C@@H]1OC(=O)c1ccccc1)N2C.[CH2]CO. The quantitative estimate of drug-likeness (QED) is 0.838. The lowest BCUT2D eigenvalue weighted by Gasteiger charge is -2.40. The van der Waals surface area contributed by atoms with Crippen molar-refractivity contribution in [3.05, 3.63) is 42.8 Å². The van der Waals surface area contributed by atoms with Crippen molar-refractivity contribution in [3.8, 4) is 0 Å². The van der Waals surface area contributed by atoms with Crippen LogP contribution in [0.3, 0.4) is 0 Å². The molecule has 3 rings (SSSR count). The fourth-order valence-electron chi connectivity index (χ4n) is 3.77. The van der Waals surface area contributed by atoms with E-state index in [1.54, 1.807) is 24.3 Å². The third-order valence-corrected chi connectivity index (χ3v) is 4.96. The van der Waals surface area contributed by atoms with Gasteiger partial charge in [0.05, 0.1) is 12.7 Å². The zero-order valence-corrected chi connectivity index (χ0v) is 14.8. The number of nitrogens with zero attached hydrogens (tertiary/aromatic N) is 1. The molecule has 2 bridgehead atoms. The van der Waals surface area contributed by atoms with E-state index in [-0.39, 0.29) is 24.6 Å². The van der Waals surface area contributed by atoms with Gasteiger partial charge in [-0.1, -0.05) is 18.2 Å². The monoisotopic (exact) mass is 348 g/mol. The van der Waals surface area contributed by atoms with Crippen molar-refractivity contribution in [3.63, 3.8) is 0 Å². The van der Waals surface area contributed by atoms with Crippen molar-refractivity contribution in [1.82, 2.24) is 4.90 Å². The van der Waals surface area contributed by atoms with E-state index in [9.17, 15) is 9.59 Å². The zero-order chi connectivity index (χ0) is 18.4. The Morgan fingerprint density at radius 1 is 1.28 bits per heavy atom. The molecule has 6 heteroatoms. The van der Waals surface area contributed by atoms with Crippen LogP contribution >= 0.6 is 0 Å². The van der Waals surface area contributed by atoms with E-state index in [0.29, 0.717) is 18.0 Å². The number of ether oxygens (including phenoxy) is 2. The van der Waals surface area contributed by atoms with Gasteiger partial charge in [0.2, 0.25) is 0 Å². The Morgan fingerprint density at radius 2 is 1.92 bits per heavy atom. The first-order valence-corrected chi connectivity index (χ1v) is 8.49. The van der Waals surface area contributed by atoms with Crippen molar-refractivity contribution in [2.45, 2.75) is 37.5 Å². The summed E-state index contributed by atoms with van der Waals surface area (Å²) in [5.41, 5.74) is 0.511. The minimum atomic E-state index is -0.408. The maximum Gasteiger partial charge on any atom is 0.338 e. The number of aliphatic hydroxyl groups is 1. The van der Waals surface area contributed by atoms with Gasteiger partial charge < -0.3 is 14.6 Å². The van der Waals surface area contributed by atoms with Crippen molar-refractivity contribution in [2.75, 3.05) is 20.8 Å². The van der Waals surface area contributed by atoms with Gasteiger partial charge in [-0.25, -0.2) is 4.79 Å². The molecular formula is C19H26NO5. The topological polar surface area (TPSA) is 76.1 Å². The molecule has 6 nitrogen and oxygen atoms in total. The lowest BCUT2D eigenvalue weighted by atomic mass is 9.87. The lowest BCUT2D eigenvalue weighted by Crippen LogP contribution is -2.53. The molecule has 2 heterocycles. The van der Waals surface area contributed by atoms with Gasteiger partial charge in [-0.15, -0.1) is 0 Å². The smallest absolute Gasteiger partial charge is 0.338 e. The predicted octanol–water partition coefficient (Wildman–Crippen LogP) is 1.68. The maximum absolute atomic E-state index is 12.3. The number of carbonyl (C=O) groups is 2. The number of aliphatic hydroxyl groups excluding tert-OH is 1. The van der Waals surface area contributed by atoms with Crippen LogP contribution in [0.25, 0.3) is 0 Å². The lowest BCUT2D eigenvalue weighted by molar-refractivity contribution is -0.156. The summed E-state index contributed by atoms with van der Waals surface area (Å²) < 4.78 is 10.6. The van der Waals surface area contributed by atoms with Crippen LogP contribution in [0, 0.1) is 12.8 Å². The van der Waals surface area contributed by atoms with Gasteiger partial charge >= 0.3 is 11.9 Å². The number of benzene rings is 1. The third kappa shape index (κ3) is 4.38. The second kappa shape index (κ2) is 8.97. The molecule has 1 N–H and O–H groups in total. The van der Waals surface area contributed by atoms with E-state index < -0.39 is 12.0 Å². The van der Waals surface area contributed by atoms with Crippen LogP contribution in [-0.4, -0.2) is 60.9 Å². The number of esters is 2. The summed E-state index contributed by atoms with van der Waals surface area (Å²) in [5.74, 6) is -1.06. The van der Waals surface area contributed by atoms with Crippen molar-refractivity contribution < 1.29 is 24.2 Å². The second-order valence-corrected chi connectivity index (χ2v) is 6.28. The summed E-state index contributed by atoms with van der Waals surface area (Å²) in [5, 5.41) is 7.46. The minimum Gasteiger partial charge on any atom is -0.469 e. The molecule has 0 amide bonds. The van der Waals surface area contributed by atoms with E-state index in [1.807, 2.05) is 13.1 Å². The average molecular weight is 348 g/mol. The largest absolute Gasteiger partial charge is 0.469 e. The molecule has 1 aromatic carbocycles. The van der Waals surface area contributed by atoms with Crippen molar-refractivity contribution >= 4 is 11.9 Å². The predicted molar refractivity (Wildman–Crippen MR) is 92.8 cm³/mol. The normalized spacial score (nSPS) is 27.8. The molecule has 0 aliphatic carbocycles. The van der Waals surface area contributed by atoms with Gasteiger partial charge in [-0.3, -0.25) is 9.69 Å². The van der Waals surface area contributed by atoms with Crippen LogP contribution in [-0.2, 0) is 14.3 Å².